The molecule has 1 amide bonds. The molecule has 96 valence electrons. The SMILES string of the molecule is C[C@@H]1C[C@](C)(O)C=CN1C(=O)Oc1ccccc1. The van der Waals surface area contributed by atoms with Gasteiger partial charge in [-0.15, -0.1) is 0 Å². The summed E-state index contributed by atoms with van der Waals surface area (Å²) in [5, 5.41) is 9.87. The Morgan fingerprint density at radius 1 is 1.44 bits per heavy atom. The molecule has 0 spiro atoms. The number of hydrogen-bond acceptors (Lipinski definition) is 3. The van der Waals surface area contributed by atoms with E-state index in [1.165, 1.54) is 4.90 Å². The van der Waals surface area contributed by atoms with Crippen LogP contribution in [0.2, 0.25) is 0 Å². The van der Waals surface area contributed by atoms with Crippen LogP contribution in [0, 0.1) is 0 Å². The quantitative estimate of drug-likeness (QED) is 0.829. The molecule has 1 aromatic rings. The van der Waals surface area contributed by atoms with Gasteiger partial charge in [0.05, 0.1) is 5.60 Å². The summed E-state index contributed by atoms with van der Waals surface area (Å²) in [7, 11) is 0. The highest BCUT2D eigenvalue weighted by molar-refractivity contribution is 5.72. The first-order valence-electron chi connectivity index (χ1n) is 5.95. The minimum atomic E-state index is -0.858. The van der Waals surface area contributed by atoms with Crippen molar-refractivity contribution in [3.63, 3.8) is 0 Å². The average molecular weight is 247 g/mol. The Morgan fingerprint density at radius 2 is 2.11 bits per heavy atom. The summed E-state index contributed by atoms with van der Waals surface area (Å²) < 4.78 is 5.25. The van der Waals surface area contributed by atoms with E-state index in [4.69, 9.17) is 4.74 Å². The molecule has 0 aliphatic carbocycles. The van der Waals surface area contributed by atoms with Gasteiger partial charge in [0.2, 0.25) is 0 Å². The van der Waals surface area contributed by atoms with Crippen molar-refractivity contribution in [1.82, 2.24) is 4.90 Å². The maximum absolute atomic E-state index is 12.0. The second-order valence-corrected chi connectivity index (χ2v) is 4.81. The number of benzene rings is 1. The van der Waals surface area contributed by atoms with Crippen LogP contribution in [-0.2, 0) is 0 Å². The summed E-state index contributed by atoms with van der Waals surface area (Å²) in [5.74, 6) is 0.514. The number of carbonyl (C=O) groups excluding carboxylic acids is 1. The molecule has 0 saturated heterocycles. The van der Waals surface area contributed by atoms with E-state index in [9.17, 15) is 9.90 Å². The third-order valence-electron chi connectivity index (χ3n) is 2.94. The van der Waals surface area contributed by atoms with Crippen LogP contribution in [-0.4, -0.2) is 27.7 Å². The fourth-order valence-electron chi connectivity index (χ4n) is 2.04. The Morgan fingerprint density at radius 3 is 2.72 bits per heavy atom. The highest BCUT2D eigenvalue weighted by Crippen LogP contribution is 2.24. The van der Waals surface area contributed by atoms with Crippen LogP contribution in [0.25, 0.3) is 0 Å². The van der Waals surface area contributed by atoms with Crippen molar-refractivity contribution in [1.29, 1.82) is 0 Å². The smallest absolute Gasteiger partial charge is 0.410 e. The van der Waals surface area contributed by atoms with Crippen LogP contribution in [0.4, 0.5) is 4.79 Å². The van der Waals surface area contributed by atoms with E-state index in [0.29, 0.717) is 12.2 Å². The lowest BCUT2D eigenvalue weighted by atomic mass is 9.94. The van der Waals surface area contributed by atoms with Crippen molar-refractivity contribution in [3.05, 3.63) is 42.6 Å². The van der Waals surface area contributed by atoms with E-state index in [2.05, 4.69) is 0 Å². The van der Waals surface area contributed by atoms with Crippen molar-refractivity contribution in [2.75, 3.05) is 0 Å². The minimum Gasteiger partial charge on any atom is -0.410 e. The van der Waals surface area contributed by atoms with Crippen LogP contribution in [0.15, 0.2) is 42.6 Å². The molecule has 1 aliphatic rings. The maximum Gasteiger partial charge on any atom is 0.419 e. The van der Waals surface area contributed by atoms with Crippen LogP contribution in [0.1, 0.15) is 20.3 Å². The van der Waals surface area contributed by atoms with Gasteiger partial charge >= 0.3 is 6.09 Å². The van der Waals surface area contributed by atoms with Gasteiger partial charge in [0.1, 0.15) is 5.75 Å². The zero-order valence-electron chi connectivity index (χ0n) is 10.5. The average Bonchev–Trinajstić information content (AvgIpc) is 2.28. The van der Waals surface area contributed by atoms with Gasteiger partial charge in [-0.2, -0.15) is 0 Å². The molecule has 4 heteroatoms. The Balaban J connectivity index is 2.06. The summed E-state index contributed by atoms with van der Waals surface area (Å²) >= 11 is 0. The monoisotopic (exact) mass is 247 g/mol. The van der Waals surface area contributed by atoms with E-state index in [1.807, 2.05) is 25.1 Å². The molecule has 1 heterocycles. The number of aliphatic hydroxyl groups is 1. The van der Waals surface area contributed by atoms with E-state index < -0.39 is 11.7 Å². The Bertz CT molecular complexity index is 453. The third-order valence-corrected chi connectivity index (χ3v) is 2.94. The van der Waals surface area contributed by atoms with Crippen LogP contribution in [0.5, 0.6) is 5.75 Å². The van der Waals surface area contributed by atoms with Gasteiger partial charge < -0.3 is 9.84 Å². The predicted molar refractivity (Wildman–Crippen MR) is 68.1 cm³/mol. The predicted octanol–water partition coefficient (Wildman–Crippen LogP) is 2.54. The molecule has 4 nitrogen and oxygen atoms in total. The largest absolute Gasteiger partial charge is 0.419 e. The summed E-state index contributed by atoms with van der Waals surface area (Å²) in [6.07, 6.45) is 3.26. The first kappa shape index (κ1) is 12.6. The lowest BCUT2D eigenvalue weighted by Crippen LogP contribution is -2.44. The zero-order valence-corrected chi connectivity index (χ0v) is 10.5. The number of rotatable bonds is 1. The Kier molecular flexibility index (Phi) is 3.39. The molecule has 18 heavy (non-hydrogen) atoms. The van der Waals surface area contributed by atoms with Gasteiger partial charge in [0.25, 0.3) is 0 Å². The number of ether oxygens (including phenoxy) is 1. The molecule has 2 atom stereocenters. The van der Waals surface area contributed by atoms with Gasteiger partial charge in [-0.1, -0.05) is 18.2 Å². The number of hydrogen-bond donors (Lipinski definition) is 1. The molecular weight excluding hydrogens is 230 g/mol. The van der Waals surface area contributed by atoms with Gasteiger partial charge in [0, 0.05) is 18.7 Å². The number of nitrogens with zero attached hydrogens (tertiary/aromatic N) is 1. The first-order chi connectivity index (χ1) is 8.48. The molecule has 0 radical (unpaired) electrons. The normalized spacial score (nSPS) is 27.1. The molecule has 0 bridgehead atoms. The van der Waals surface area contributed by atoms with Crippen LogP contribution in [0.3, 0.4) is 0 Å². The third kappa shape index (κ3) is 2.90. The Hall–Kier alpha value is -1.81. The zero-order chi connectivity index (χ0) is 13.2. The van der Waals surface area contributed by atoms with E-state index in [0.717, 1.165) is 0 Å². The van der Waals surface area contributed by atoms with Crippen molar-refractivity contribution >= 4 is 6.09 Å². The first-order valence-corrected chi connectivity index (χ1v) is 5.95. The molecule has 1 aromatic carbocycles. The summed E-state index contributed by atoms with van der Waals surface area (Å²) in [5.41, 5.74) is -0.858. The molecular formula is C14H17NO3. The fourth-order valence-corrected chi connectivity index (χ4v) is 2.04. The van der Waals surface area contributed by atoms with E-state index in [-0.39, 0.29) is 6.04 Å². The Labute approximate surface area is 106 Å². The number of carbonyl (C=O) groups is 1. The lowest BCUT2D eigenvalue weighted by molar-refractivity contribution is 0.0587. The number of amides is 1. The minimum absolute atomic E-state index is 0.0961. The molecule has 0 unspecified atom stereocenters. The fraction of sp³-hybridized carbons (Fsp3) is 0.357. The molecule has 1 N–H and O–H groups in total. The summed E-state index contributed by atoms with van der Waals surface area (Å²) in [6, 6.07) is 8.84. The van der Waals surface area contributed by atoms with Gasteiger partial charge in [-0.3, -0.25) is 4.90 Å². The molecule has 0 fully saturated rings. The van der Waals surface area contributed by atoms with Crippen molar-refractivity contribution in [3.8, 4) is 5.75 Å². The van der Waals surface area contributed by atoms with E-state index >= 15 is 0 Å². The van der Waals surface area contributed by atoms with Gasteiger partial charge in [0.15, 0.2) is 0 Å². The van der Waals surface area contributed by atoms with Crippen molar-refractivity contribution in [2.45, 2.75) is 31.9 Å². The molecule has 0 aromatic heterocycles. The molecule has 1 aliphatic heterocycles. The highest BCUT2D eigenvalue weighted by atomic mass is 16.6. The standard InChI is InChI=1S/C14H17NO3/c1-11-10-14(2,17)8-9-15(11)13(16)18-12-6-4-3-5-7-12/h3-9,11,17H,10H2,1-2H3/t11-,14-/m1/s1. The van der Waals surface area contributed by atoms with Crippen molar-refractivity contribution < 1.29 is 14.6 Å². The van der Waals surface area contributed by atoms with Crippen molar-refractivity contribution in [2.24, 2.45) is 0 Å². The van der Waals surface area contributed by atoms with Gasteiger partial charge in [-0.25, -0.2) is 4.79 Å². The molecule has 0 saturated carbocycles. The molecule has 2 rings (SSSR count). The second kappa shape index (κ2) is 4.82. The van der Waals surface area contributed by atoms with Crippen LogP contribution < -0.4 is 4.74 Å². The summed E-state index contributed by atoms with van der Waals surface area (Å²) in [6.45, 7) is 3.60. The van der Waals surface area contributed by atoms with Gasteiger partial charge in [-0.05, 0) is 32.1 Å². The number of para-hydroxylation sites is 1. The highest BCUT2D eigenvalue weighted by Gasteiger charge is 2.31. The maximum atomic E-state index is 12.0. The van der Waals surface area contributed by atoms with E-state index in [1.54, 1.807) is 31.3 Å². The van der Waals surface area contributed by atoms with Crippen LogP contribution >= 0.6 is 0 Å². The lowest BCUT2D eigenvalue weighted by Gasteiger charge is -2.34. The summed E-state index contributed by atoms with van der Waals surface area (Å²) in [4.78, 5) is 13.5. The topological polar surface area (TPSA) is 49.8 Å². The second-order valence-electron chi connectivity index (χ2n) is 4.81.